The van der Waals surface area contributed by atoms with Gasteiger partial charge >= 0.3 is 0 Å². The van der Waals surface area contributed by atoms with Gasteiger partial charge in [0, 0.05) is 0 Å². The van der Waals surface area contributed by atoms with Crippen molar-refractivity contribution in [1.82, 2.24) is 0 Å². The third kappa shape index (κ3) is 1.71. The van der Waals surface area contributed by atoms with Gasteiger partial charge in [-0.1, -0.05) is 24.6 Å². The number of amides is 1. The fraction of sp³-hybridized carbons (Fsp3) is 0.364. The summed E-state index contributed by atoms with van der Waals surface area (Å²) >= 11 is 0. The van der Waals surface area contributed by atoms with Gasteiger partial charge in [-0.25, -0.2) is 12.7 Å². The summed E-state index contributed by atoms with van der Waals surface area (Å²) in [6, 6.07) is 6.90. The number of anilines is 1. The van der Waals surface area contributed by atoms with Crippen molar-refractivity contribution < 1.29 is 13.2 Å². The molecule has 1 aliphatic rings. The van der Waals surface area contributed by atoms with Gasteiger partial charge in [-0.05, 0) is 19.1 Å². The monoisotopic (exact) mass is 239 g/mol. The van der Waals surface area contributed by atoms with E-state index < -0.39 is 15.9 Å². The summed E-state index contributed by atoms with van der Waals surface area (Å²) in [7, 11) is -3.47. The van der Waals surface area contributed by atoms with Crippen molar-refractivity contribution in [2.45, 2.75) is 13.8 Å². The quantitative estimate of drug-likeness (QED) is 0.742. The lowest BCUT2D eigenvalue weighted by Gasteiger charge is -2.15. The van der Waals surface area contributed by atoms with Crippen molar-refractivity contribution in [2.75, 3.05) is 10.1 Å². The number of hydrogen-bond donors (Lipinski definition) is 0. The second kappa shape index (κ2) is 3.59. The maximum Gasteiger partial charge on any atom is 0.244 e. The average Bonchev–Trinajstić information content (AvgIpc) is 2.39. The highest BCUT2D eigenvalue weighted by Gasteiger charge is 2.41. The first kappa shape index (κ1) is 11.1. The Kier molecular flexibility index (Phi) is 2.50. The fourth-order valence-electron chi connectivity index (χ4n) is 1.77. The minimum Gasteiger partial charge on any atom is -0.273 e. The molecule has 0 aliphatic carbocycles. The summed E-state index contributed by atoms with van der Waals surface area (Å²) in [5.41, 5.74) is 1.46. The molecule has 1 amide bonds. The lowest BCUT2D eigenvalue weighted by Crippen LogP contribution is -2.30. The normalized spacial score (nSPS) is 23.8. The van der Waals surface area contributed by atoms with E-state index in [2.05, 4.69) is 0 Å². The molecule has 1 aliphatic heterocycles. The highest BCUT2D eigenvalue weighted by atomic mass is 32.2. The van der Waals surface area contributed by atoms with E-state index in [4.69, 9.17) is 0 Å². The Labute approximate surface area is 94.9 Å². The van der Waals surface area contributed by atoms with Crippen molar-refractivity contribution in [3.63, 3.8) is 0 Å². The lowest BCUT2D eigenvalue weighted by atomic mass is 10.2. The first-order valence-corrected chi connectivity index (χ1v) is 6.66. The van der Waals surface area contributed by atoms with Gasteiger partial charge in [0.05, 0.1) is 17.4 Å². The molecule has 1 unspecified atom stereocenters. The molecule has 2 rings (SSSR count). The molecule has 0 N–H and O–H groups in total. The smallest absolute Gasteiger partial charge is 0.244 e. The third-order valence-corrected chi connectivity index (χ3v) is 4.50. The van der Waals surface area contributed by atoms with Crippen LogP contribution >= 0.6 is 0 Å². The first-order valence-electron chi connectivity index (χ1n) is 5.05. The highest BCUT2D eigenvalue weighted by Crippen LogP contribution is 2.28. The van der Waals surface area contributed by atoms with Gasteiger partial charge in [-0.3, -0.25) is 4.79 Å². The predicted molar refractivity (Wildman–Crippen MR) is 61.6 cm³/mol. The number of rotatable bonds is 1. The van der Waals surface area contributed by atoms with Crippen LogP contribution in [-0.2, 0) is 14.8 Å². The molecule has 0 bridgehead atoms. The number of nitrogens with zero attached hydrogens (tertiary/aromatic N) is 1. The molecular weight excluding hydrogens is 226 g/mol. The van der Waals surface area contributed by atoms with Crippen molar-refractivity contribution in [1.29, 1.82) is 0 Å². The minimum absolute atomic E-state index is 0.0975. The van der Waals surface area contributed by atoms with Crippen LogP contribution in [0.2, 0.25) is 0 Å². The Morgan fingerprint density at radius 1 is 1.25 bits per heavy atom. The van der Waals surface area contributed by atoms with Crippen LogP contribution in [0.4, 0.5) is 5.69 Å². The Balaban J connectivity index is 2.48. The number of carbonyl (C=O) groups is 1. The predicted octanol–water partition coefficient (Wildman–Crippen LogP) is 1.31. The minimum atomic E-state index is -3.47. The third-order valence-electron chi connectivity index (χ3n) is 2.63. The van der Waals surface area contributed by atoms with E-state index in [1.165, 1.54) is 0 Å². The zero-order chi connectivity index (χ0) is 11.9. The van der Waals surface area contributed by atoms with E-state index in [1.54, 1.807) is 31.2 Å². The fourth-order valence-corrected chi connectivity index (χ4v) is 3.59. The van der Waals surface area contributed by atoms with Gasteiger partial charge in [0.2, 0.25) is 15.9 Å². The largest absolute Gasteiger partial charge is 0.273 e. The Bertz CT molecular complexity index is 519. The second-order valence-electron chi connectivity index (χ2n) is 4.12. The van der Waals surface area contributed by atoms with Crippen molar-refractivity contribution >= 4 is 21.6 Å². The Morgan fingerprint density at radius 3 is 2.25 bits per heavy atom. The average molecular weight is 239 g/mol. The van der Waals surface area contributed by atoms with Gasteiger partial charge in [0.15, 0.2) is 0 Å². The lowest BCUT2D eigenvalue weighted by molar-refractivity contribution is -0.119. The number of hydrogen-bond acceptors (Lipinski definition) is 3. The van der Waals surface area contributed by atoms with Crippen molar-refractivity contribution in [2.24, 2.45) is 5.92 Å². The molecule has 0 radical (unpaired) electrons. The summed E-state index contributed by atoms with van der Waals surface area (Å²) < 4.78 is 24.5. The molecule has 0 saturated carbocycles. The van der Waals surface area contributed by atoms with Crippen LogP contribution < -0.4 is 4.31 Å². The molecule has 0 spiro atoms. The molecule has 1 aromatic rings. The highest BCUT2D eigenvalue weighted by molar-refractivity contribution is 7.94. The molecule has 1 atom stereocenters. The summed E-state index contributed by atoms with van der Waals surface area (Å²) in [4.78, 5) is 11.8. The molecule has 1 heterocycles. The van der Waals surface area contributed by atoms with E-state index in [0.717, 1.165) is 9.87 Å². The zero-order valence-corrected chi connectivity index (χ0v) is 9.99. The molecule has 1 saturated heterocycles. The molecule has 1 aromatic carbocycles. The van der Waals surface area contributed by atoms with Crippen LogP contribution in [0.1, 0.15) is 12.5 Å². The SMILES string of the molecule is Cc1ccc(N2C(=O)C(C)CS2(=O)=O)cc1. The van der Waals surface area contributed by atoms with Crippen LogP contribution in [0.25, 0.3) is 0 Å². The van der Waals surface area contributed by atoms with E-state index in [0.29, 0.717) is 5.69 Å². The van der Waals surface area contributed by atoms with Crippen LogP contribution in [0.3, 0.4) is 0 Å². The summed E-state index contributed by atoms with van der Waals surface area (Å²) in [5, 5.41) is 0. The standard InChI is InChI=1S/C11H13NO3S/c1-8-3-5-10(6-4-8)12-11(13)9(2)7-16(12,14)15/h3-6,9H,7H2,1-2H3. The zero-order valence-electron chi connectivity index (χ0n) is 9.17. The Morgan fingerprint density at radius 2 is 1.81 bits per heavy atom. The summed E-state index contributed by atoms with van der Waals surface area (Å²) in [6.07, 6.45) is 0. The van der Waals surface area contributed by atoms with E-state index in [1.807, 2.05) is 6.92 Å². The molecule has 86 valence electrons. The van der Waals surface area contributed by atoms with E-state index in [9.17, 15) is 13.2 Å². The molecule has 5 heteroatoms. The van der Waals surface area contributed by atoms with Gasteiger partial charge in [0.1, 0.15) is 0 Å². The number of aryl methyl sites for hydroxylation is 1. The maximum absolute atomic E-state index is 11.8. The van der Waals surface area contributed by atoms with Crippen LogP contribution in [0.15, 0.2) is 24.3 Å². The van der Waals surface area contributed by atoms with Crippen molar-refractivity contribution in [3.05, 3.63) is 29.8 Å². The van der Waals surface area contributed by atoms with Crippen LogP contribution in [0.5, 0.6) is 0 Å². The summed E-state index contributed by atoms with van der Waals surface area (Å²) in [5.74, 6) is -0.894. The number of sulfonamides is 1. The summed E-state index contributed by atoms with van der Waals surface area (Å²) in [6.45, 7) is 3.54. The molecule has 16 heavy (non-hydrogen) atoms. The van der Waals surface area contributed by atoms with Gasteiger partial charge in [-0.15, -0.1) is 0 Å². The van der Waals surface area contributed by atoms with Crippen molar-refractivity contribution in [3.8, 4) is 0 Å². The molecule has 4 nitrogen and oxygen atoms in total. The molecule has 0 aromatic heterocycles. The van der Waals surface area contributed by atoms with Gasteiger partial charge in [-0.2, -0.15) is 0 Å². The number of carbonyl (C=O) groups excluding carboxylic acids is 1. The first-order chi connectivity index (χ1) is 7.42. The van der Waals surface area contributed by atoms with Crippen LogP contribution in [0, 0.1) is 12.8 Å². The van der Waals surface area contributed by atoms with E-state index >= 15 is 0 Å². The maximum atomic E-state index is 11.8. The second-order valence-corrected chi connectivity index (χ2v) is 5.98. The van der Waals surface area contributed by atoms with Gasteiger partial charge in [0.25, 0.3) is 0 Å². The topological polar surface area (TPSA) is 54.5 Å². The Hall–Kier alpha value is -1.36. The number of benzene rings is 1. The van der Waals surface area contributed by atoms with Gasteiger partial charge < -0.3 is 0 Å². The van der Waals surface area contributed by atoms with Crippen LogP contribution in [-0.4, -0.2) is 20.1 Å². The van der Waals surface area contributed by atoms with E-state index in [-0.39, 0.29) is 11.7 Å². The molecular formula is C11H13NO3S. The molecule has 1 fully saturated rings.